The molecule has 0 fully saturated rings. The Morgan fingerprint density at radius 2 is 1.65 bits per heavy atom. The summed E-state index contributed by atoms with van der Waals surface area (Å²) in [5.41, 5.74) is 8.06. The van der Waals surface area contributed by atoms with E-state index < -0.39 is 0 Å². The molecule has 2 aromatic rings. The van der Waals surface area contributed by atoms with Crippen LogP contribution >= 0.6 is 11.6 Å². The van der Waals surface area contributed by atoms with Crippen molar-refractivity contribution >= 4 is 17.4 Å². The van der Waals surface area contributed by atoms with Crippen molar-refractivity contribution in [2.45, 2.75) is 13.8 Å². The van der Waals surface area contributed by atoms with Crippen LogP contribution in [0.2, 0.25) is 5.02 Å². The molecule has 0 aliphatic rings. The molecule has 2 aromatic carbocycles. The van der Waals surface area contributed by atoms with Crippen LogP contribution < -0.4 is 10.5 Å². The molecule has 5 heteroatoms. The lowest BCUT2D eigenvalue weighted by Crippen LogP contribution is -2.12. The van der Waals surface area contributed by atoms with E-state index >= 15 is 0 Å². The number of aryl methyl sites for hydroxylation is 2. The summed E-state index contributed by atoms with van der Waals surface area (Å²) < 4.78 is 5.76. The Labute approximate surface area is 122 Å². The molecular formula is C15H15ClN2O2. The van der Waals surface area contributed by atoms with Crippen LogP contribution in [0.4, 0.5) is 0 Å². The van der Waals surface area contributed by atoms with Crippen molar-refractivity contribution < 1.29 is 9.94 Å². The molecule has 4 nitrogen and oxygen atoms in total. The maximum atomic E-state index is 8.60. The van der Waals surface area contributed by atoms with Crippen molar-refractivity contribution in [2.24, 2.45) is 10.9 Å². The first-order chi connectivity index (χ1) is 9.51. The molecular weight excluding hydrogens is 276 g/mol. The summed E-state index contributed by atoms with van der Waals surface area (Å²) in [7, 11) is 0. The van der Waals surface area contributed by atoms with Gasteiger partial charge < -0.3 is 15.7 Å². The first kappa shape index (κ1) is 14.2. The number of hydrogen-bond acceptors (Lipinski definition) is 3. The minimum absolute atomic E-state index is 0.0646. The van der Waals surface area contributed by atoms with Gasteiger partial charge in [0, 0.05) is 10.6 Å². The van der Waals surface area contributed by atoms with E-state index in [0.29, 0.717) is 11.3 Å². The van der Waals surface area contributed by atoms with Crippen molar-refractivity contribution in [3.8, 4) is 11.5 Å². The van der Waals surface area contributed by atoms with E-state index in [0.717, 1.165) is 21.9 Å². The lowest BCUT2D eigenvalue weighted by molar-refractivity contribution is 0.318. The van der Waals surface area contributed by atoms with Gasteiger partial charge in [-0.25, -0.2) is 0 Å². The summed E-state index contributed by atoms with van der Waals surface area (Å²) in [6.07, 6.45) is 0. The Morgan fingerprint density at radius 3 is 2.15 bits per heavy atom. The zero-order valence-electron chi connectivity index (χ0n) is 11.2. The first-order valence-corrected chi connectivity index (χ1v) is 6.41. The lowest BCUT2D eigenvalue weighted by Gasteiger charge is -2.10. The monoisotopic (exact) mass is 290 g/mol. The van der Waals surface area contributed by atoms with Crippen molar-refractivity contribution in [1.82, 2.24) is 0 Å². The number of nitrogens with zero attached hydrogens (tertiary/aromatic N) is 1. The van der Waals surface area contributed by atoms with Gasteiger partial charge >= 0.3 is 0 Å². The van der Waals surface area contributed by atoms with Gasteiger partial charge in [0.2, 0.25) is 0 Å². The largest absolute Gasteiger partial charge is 0.457 e. The van der Waals surface area contributed by atoms with Gasteiger partial charge in [0.25, 0.3) is 0 Å². The van der Waals surface area contributed by atoms with Gasteiger partial charge in [-0.2, -0.15) is 0 Å². The van der Waals surface area contributed by atoms with Crippen LogP contribution in [0.5, 0.6) is 11.5 Å². The van der Waals surface area contributed by atoms with Crippen LogP contribution in [-0.4, -0.2) is 11.0 Å². The second-order valence-electron chi connectivity index (χ2n) is 4.48. The number of benzene rings is 2. The number of hydrogen-bond donors (Lipinski definition) is 2. The summed E-state index contributed by atoms with van der Waals surface area (Å²) in [4.78, 5) is 0. The minimum atomic E-state index is 0.0646. The molecule has 0 aliphatic carbocycles. The fraction of sp³-hybridized carbons (Fsp3) is 0.133. The van der Waals surface area contributed by atoms with Gasteiger partial charge in [0.05, 0.1) is 0 Å². The van der Waals surface area contributed by atoms with Crippen molar-refractivity contribution in [2.75, 3.05) is 0 Å². The Hall–Kier alpha value is -2.20. The zero-order chi connectivity index (χ0) is 14.7. The Bertz CT molecular complexity index is 628. The number of rotatable bonds is 3. The van der Waals surface area contributed by atoms with E-state index in [9.17, 15) is 0 Å². The minimum Gasteiger partial charge on any atom is -0.457 e. The van der Waals surface area contributed by atoms with E-state index in [4.69, 9.17) is 27.3 Å². The molecule has 0 saturated carbocycles. The zero-order valence-corrected chi connectivity index (χ0v) is 12.0. The van der Waals surface area contributed by atoms with Gasteiger partial charge in [-0.1, -0.05) is 16.8 Å². The maximum Gasteiger partial charge on any atom is 0.170 e. The van der Waals surface area contributed by atoms with Crippen LogP contribution in [-0.2, 0) is 0 Å². The number of ether oxygens (including phenoxy) is 1. The van der Waals surface area contributed by atoms with Crippen LogP contribution in [0, 0.1) is 13.8 Å². The average molecular weight is 291 g/mol. The predicted octanol–water partition coefficient (Wildman–Crippen LogP) is 3.84. The van der Waals surface area contributed by atoms with Gasteiger partial charge in [-0.3, -0.25) is 0 Å². The van der Waals surface area contributed by atoms with Crippen LogP contribution in [0.15, 0.2) is 41.6 Å². The number of oxime groups is 1. The van der Waals surface area contributed by atoms with Crippen molar-refractivity contribution in [1.29, 1.82) is 0 Å². The van der Waals surface area contributed by atoms with E-state index in [1.54, 1.807) is 24.3 Å². The van der Waals surface area contributed by atoms with Crippen molar-refractivity contribution in [3.05, 3.63) is 58.1 Å². The quantitative estimate of drug-likeness (QED) is 0.390. The summed E-state index contributed by atoms with van der Waals surface area (Å²) in [5.74, 6) is 1.45. The number of nitrogens with two attached hydrogens (primary N) is 1. The SMILES string of the molecule is Cc1cc(Oc2ccc(/C(N)=N/O)cc2)cc(C)c1Cl. The van der Waals surface area contributed by atoms with Gasteiger partial charge in [-0.05, 0) is 61.4 Å². The van der Waals surface area contributed by atoms with Gasteiger partial charge in [0.15, 0.2) is 5.84 Å². The molecule has 0 saturated heterocycles. The smallest absolute Gasteiger partial charge is 0.170 e. The van der Waals surface area contributed by atoms with Crippen LogP contribution in [0.25, 0.3) is 0 Å². The van der Waals surface area contributed by atoms with Crippen LogP contribution in [0.1, 0.15) is 16.7 Å². The van der Waals surface area contributed by atoms with Gasteiger partial charge in [0.1, 0.15) is 11.5 Å². The molecule has 0 bridgehead atoms. The molecule has 20 heavy (non-hydrogen) atoms. The molecule has 0 heterocycles. The highest BCUT2D eigenvalue weighted by atomic mass is 35.5. The van der Waals surface area contributed by atoms with Crippen LogP contribution in [0.3, 0.4) is 0 Å². The number of halogens is 1. The second kappa shape index (κ2) is 5.84. The fourth-order valence-electron chi connectivity index (χ4n) is 1.85. The van der Waals surface area contributed by atoms with E-state index in [-0.39, 0.29) is 5.84 Å². The molecule has 0 radical (unpaired) electrons. The molecule has 0 spiro atoms. The number of amidine groups is 1. The summed E-state index contributed by atoms with van der Waals surface area (Å²) in [5, 5.41) is 12.3. The summed E-state index contributed by atoms with van der Waals surface area (Å²) in [6, 6.07) is 10.7. The average Bonchev–Trinajstić information content (AvgIpc) is 2.44. The Morgan fingerprint density at radius 1 is 1.10 bits per heavy atom. The second-order valence-corrected chi connectivity index (χ2v) is 4.86. The maximum absolute atomic E-state index is 8.60. The van der Waals surface area contributed by atoms with E-state index in [1.807, 2.05) is 26.0 Å². The Balaban J connectivity index is 2.22. The predicted molar refractivity (Wildman–Crippen MR) is 80.0 cm³/mol. The lowest BCUT2D eigenvalue weighted by atomic mass is 10.1. The summed E-state index contributed by atoms with van der Waals surface area (Å²) >= 11 is 6.12. The van der Waals surface area contributed by atoms with Gasteiger partial charge in [-0.15, -0.1) is 0 Å². The molecule has 0 amide bonds. The molecule has 0 unspecified atom stereocenters. The highest BCUT2D eigenvalue weighted by molar-refractivity contribution is 6.32. The summed E-state index contributed by atoms with van der Waals surface area (Å²) in [6.45, 7) is 3.87. The van der Waals surface area contributed by atoms with Crippen molar-refractivity contribution in [3.63, 3.8) is 0 Å². The van der Waals surface area contributed by atoms with E-state index in [2.05, 4.69) is 5.16 Å². The Kier molecular flexibility index (Phi) is 4.15. The molecule has 0 atom stereocenters. The topological polar surface area (TPSA) is 67.8 Å². The fourth-order valence-corrected chi connectivity index (χ4v) is 1.96. The molecule has 0 aliphatic heterocycles. The van der Waals surface area contributed by atoms with E-state index in [1.165, 1.54) is 0 Å². The molecule has 0 aromatic heterocycles. The normalized spacial score (nSPS) is 11.4. The highest BCUT2D eigenvalue weighted by Gasteiger charge is 2.05. The third-order valence-electron chi connectivity index (χ3n) is 2.90. The highest BCUT2D eigenvalue weighted by Crippen LogP contribution is 2.29. The molecule has 104 valence electrons. The third kappa shape index (κ3) is 3.03. The third-order valence-corrected chi connectivity index (χ3v) is 3.50. The standard InChI is InChI=1S/C15H15ClN2O2/c1-9-7-13(8-10(2)14(9)16)20-12-5-3-11(4-6-12)15(17)18-19/h3-8,19H,1-2H3,(H2,17,18). The first-order valence-electron chi connectivity index (χ1n) is 6.04. The molecule has 2 rings (SSSR count). The molecule has 3 N–H and O–H groups in total.